The lowest BCUT2D eigenvalue weighted by molar-refractivity contribution is 0.119. The van der Waals surface area contributed by atoms with Gasteiger partial charge in [-0.05, 0) is 24.6 Å². The first-order chi connectivity index (χ1) is 10.2. The van der Waals surface area contributed by atoms with Gasteiger partial charge in [-0.25, -0.2) is 0 Å². The van der Waals surface area contributed by atoms with Crippen LogP contribution in [0.2, 0.25) is 5.02 Å². The van der Waals surface area contributed by atoms with Crippen molar-refractivity contribution in [1.29, 1.82) is 0 Å². The molecule has 1 heterocycles. The molecule has 1 fully saturated rings. The average Bonchev–Trinajstić information content (AvgIpc) is 2.81. The van der Waals surface area contributed by atoms with Crippen molar-refractivity contribution in [3.8, 4) is 0 Å². The third-order valence-electron chi connectivity index (χ3n) is 3.85. The molecule has 0 bridgehead atoms. The Morgan fingerprint density at radius 1 is 1.27 bits per heavy atom. The number of halogens is 1. The minimum absolute atomic E-state index is 0.179. The average molecular weight is 369 g/mol. The van der Waals surface area contributed by atoms with Gasteiger partial charge in [0.05, 0.1) is 5.66 Å². The van der Waals surface area contributed by atoms with Crippen molar-refractivity contribution >= 4 is 26.8 Å². The zero-order valence-electron chi connectivity index (χ0n) is 12.8. The molecule has 0 N–H and O–H groups in total. The van der Waals surface area contributed by atoms with Crippen LogP contribution in [0, 0.1) is 0 Å². The minimum atomic E-state index is -3.60. The Balaban J connectivity index is 2.46. The van der Waals surface area contributed by atoms with E-state index in [1.165, 1.54) is 21.3 Å². The van der Waals surface area contributed by atoms with E-state index in [0.717, 1.165) is 5.56 Å². The fourth-order valence-corrected chi connectivity index (χ4v) is 7.15. The molecule has 124 valence electrons. The second kappa shape index (κ2) is 6.37. The van der Waals surface area contributed by atoms with E-state index in [0.29, 0.717) is 5.02 Å². The first-order valence-electron chi connectivity index (χ1n) is 6.57. The lowest BCUT2D eigenvalue weighted by Crippen LogP contribution is -2.24. The second-order valence-electron chi connectivity index (χ2n) is 5.12. The maximum atomic E-state index is 13.0. The van der Waals surface area contributed by atoms with Crippen molar-refractivity contribution in [1.82, 2.24) is 0 Å². The fraction of sp³-hybridized carbons (Fsp3) is 0.538. The predicted molar refractivity (Wildman–Crippen MR) is 84.5 cm³/mol. The molecule has 2 rings (SSSR count). The summed E-state index contributed by atoms with van der Waals surface area (Å²) in [5, 5.41) is -0.788. The first kappa shape index (κ1) is 18.2. The van der Waals surface area contributed by atoms with Gasteiger partial charge < -0.3 is 13.6 Å². The van der Waals surface area contributed by atoms with Crippen LogP contribution in [-0.4, -0.2) is 26.7 Å². The molecule has 6 nitrogen and oxygen atoms in total. The topological polar surface area (TPSA) is 71.1 Å². The summed E-state index contributed by atoms with van der Waals surface area (Å²) in [4.78, 5) is 0. The van der Waals surface area contributed by atoms with Gasteiger partial charge in [0.1, 0.15) is 0 Å². The summed E-state index contributed by atoms with van der Waals surface area (Å²) in [7, 11) is -3.27. The van der Waals surface area contributed by atoms with Crippen LogP contribution < -0.4 is 0 Å². The zero-order chi connectivity index (χ0) is 16.6. The third-order valence-corrected chi connectivity index (χ3v) is 9.05. The van der Waals surface area contributed by atoms with Crippen molar-refractivity contribution in [2.45, 2.75) is 24.3 Å². The van der Waals surface area contributed by atoms with Crippen LogP contribution in [0.5, 0.6) is 0 Å². The molecule has 1 aromatic carbocycles. The van der Waals surface area contributed by atoms with Crippen LogP contribution in [0.1, 0.15) is 24.6 Å². The van der Waals surface area contributed by atoms with E-state index in [9.17, 15) is 9.13 Å². The van der Waals surface area contributed by atoms with E-state index >= 15 is 0 Å². The van der Waals surface area contributed by atoms with Gasteiger partial charge in [-0.1, -0.05) is 23.7 Å². The molecule has 22 heavy (non-hydrogen) atoms. The molecule has 0 spiro atoms. The van der Waals surface area contributed by atoms with Gasteiger partial charge in [-0.3, -0.25) is 13.7 Å². The molecule has 0 radical (unpaired) electrons. The van der Waals surface area contributed by atoms with E-state index in [4.69, 9.17) is 29.7 Å². The minimum Gasteiger partial charge on any atom is -0.311 e. The number of rotatable bonds is 5. The second-order valence-corrected chi connectivity index (χ2v) is 10.5. The highest BCUT2D eigenvalue weighted by Gasteiger charge is 2.62. The lowest BCUT2D eigenvalue weighted by atomic mass is 10.1. The quantitative estimate of drug-likeness (QED) is 0.692. The molecule has 0 aromatic heterocycles. The molecular formula is C13H19ClO6P2. The maximum Gasteiger partial charge on any atom is 0.361 e. The van der Waals surface area contributed by atoms with E-state index in [2.05, 4.69) is 0 Å². The summed E-state index contributed by atoms with van der Waals surface area (Å²) in [5.41, 5.74) is 0.162. The third kappa shape index (κ3) is 2.94. The Labute approximate surface area is 135 Å². The fourth-order valence-electron chi connectivity index (χ4n) is 2.62. The maximum absolute atomic E-state index is 13.0. The van der Waals surface area contributed by atoms with Gasteiger partial charge >= 0.3 is 15.2 Å². The van der Waals surface area contributed by atoms with Gasteiger partial charge in [0.15, 0.2) is 5.34 Å². The highest BCUT2D eigenvalue weighted by atomic mass is 35.5. The van der Waals surface area contributed by atoms with Crippen molar-refractivity contribution in [3.05, 3.63) is 34.9 Å². The Morgan fingerprint density at radius 3 is 2.27 bits per heavy atom. The Bertz CT molecular complexity index is 626. The summed E-state index contributed by atoms with van der Waals surface area (Å²) in [6.45, 7) is 1.56. The molecule has 1 aliphatic rings. The van der Waals surface area contributed by atoms with Crippen molar-refractivity contribution < 1.29 is 27.2 Å². The standard InChI is InChI=1S/C13H19ClO6P2/c1-13(22(16,18-3)19-4)9-12(21(15,17-2)20-13)10-5-7-11(14)8-6-10/h5-8,12H,9H2,1-4H3. The van der Waals surface area contributed by atoms with Gasteiger partial charge in [-0.15, -0.1) is 0 Å². The van der Waals surface area contributed by atoms with E-state index in [1.807, 2.05) is 0 Å². The summed E-state index contributed by atoms with van der Waals surface area (Å²) in [6, 6.07) is 6.88. The largest absolute Gasteiger partial charge is 0.361 e. The number of hydrogen-bond donors (Lipinski definition) is 0. The normalized spacial score (nSPS) is 32.3. The van der Waals surface area contributed by atoms with Crippen molar-refractivity contribution in [3.63, 3.8) is 0 Å². The van der Waals surface area contributed by atoms with Crippen LogP contribution in [0.4, 0.5) is 0 Å². The zero-order valence-corrected chi connectivity index (χ0v) is 15.4. The van der Waals surface area contributed by atoms with Crippen molar-refractivity contribution in [2.24, 2.45) is 0 Å². The van der Waals surface area contributed by atoms with Gasteiger partial charge in [0.2, 0.25) is 0 Å². The van der Waals surface area contributed by atoms with E-state index in [-0.39, 0.29) is 6.42 Å². The summed E-state index contributed by atoms with van der Waals surface area (Å²) < 4.78 is 46.5. The molecule has 0 amide bonds. The first-order valence-corrected chi connectivity index (χ1v) is 10.1. The van der Waals surface area contributed by atoms with Crippen LogP contribution >= 0.6 is 26.8 Å². The van der Waals surface area contributed by atoms with Gasteiger partial charge in [0.25, 0.3) is 0 Å². The summed E-state index contributed by atoms with van der Waals surface area (Å²) in [6.07, 6.45) is 0.179. The van der Waals surface area contributed by atoms with E-state index < -0.39 is 26.2 Å². The molecular weight excluding hydrogens is 350 g/mol. The molecule has 9 heteroatoms. The van der Waals surface area contributed by atoms with Crippen LogP contribution in [-0.2, 0) is 27.2 Å². The van der Waals surface area contributed by atoms with E-state index in [1.54, 1.807) is 31.2 Å². The SMILES string of the molecule is COP1(=O)OC(C)(P(=O)(OC)OC)CC1c1ccc(Cl)cc1. The number of benzene rings is 1. The van der Waals surface area contributed by atoms with Crippen molar-refractivity contribution in [2.75, 3.05) is 21.3 Å². The molecule has 1 aromatic rings. The summed E-state index contributed by atoms with van der Waals surface area (Å²) in [5.74, 6) is 0. The summed E-state index contributed by atoms with van der Waals surface area (Å²) >= 11 is 5.88. The monoisotopic (exact) mass is 368 g/mol. The van der Waals surface area contributed by atoms with Crippen LogP contribution in [0.25, 0.3) is 0 Å². The van der Waals surface area contributed by atoms with Crippen LogP contribution in [0.3, 0.4) is 0 Å². The molecule has 1 aliphatic heterocycles. The predicted octanol–water partition coefficient (Wildman–Crippen LogP) is 4.84. The molecule has 3 atom stereocenters. The van der Waals surface area contributed by atoms with Crippen LogP contribution in [0.15, 0.2) is 24.3 Å². The molecule has 0 saturated carbocycles. The Hall–Kier alpha value is -0.190. The highest BCUT2D eigenvalue weighted by Crippen LogP contribution is 2.79. The number of hydrogen-bond acceptors (Lipinski definition) is 6. The Kier molecular flexibility index (Phi) is 5.25. The Morgan fingerprint density at radius 2 is 1.82 bits per heavy atom. The smallest absolute Gasteiger partial charge is 0.311 e. The van der Waals surface area contributed by atoms with Gasteiger partial charge in [0, 0.05) is 32.8 Å². The highest BCUT2D eigenvalue weighted by molar-refractivity contribution is 7.59. The van der Waals surface area contributed by atoms with Gasteiger partial charge in [-0.2, -0.15) is 0 Å². The molecule has 0 aliphatic carbocycles. The lowest BCUT2D eigenvalue weighted by Gasteiger charge is -2.29. The molecule has 1 saturated heterocycles. The molecule has 3 unspecified atom stereocenters.